The summed E-state index contributed by atoms with van der Waals surface area (Å²) in [6.07, 6.45) is 2.87. The third kappa shape index (κ3) is 7.17. The molecule has 1 aromatic carbocycles. The van der Waals surface area contributed by atoms with Gasteiger partial charge in [-0.1, -0.05) is 29.3 Å². The summed E-state index contributed by atoms with van der Waals surface area (Å²) < 4.78 is 13.3. The Balaban J connectivity index is 1.49. The molecular weight excluding hydrogens is 444 g/mol. The standard InChI is InChI=1S/C22H28Cl2FN3O3/c23-19-3-1-16(13-20(19)24)2-4-21(30)27-10-7-22(31)28(12-11-27)15-18(29)14-26-8-5-17(25)6-9-26/h1-4,13,17-18,29H,5-12,14-15H2. The number of piperidine rings is 1. The number of likely N-dealkylation sites (tertiary alicyclic amines) is 1. The number of amides is 2. The van der Waals surface area contributed by atoms with Gasteiger partial charge in [0.1, 0.15) is 6.17 Å². The van der Waals surface area contributed by atoms with E-state index in [0.29, 0.717) is 62.2 Å². The number of nitrogens with zero attached hydrogens (tertiary/aromatic N) is 3. The molecule has 31 heavy (non-hydrogen) atoms. The Hall–Kier alpha value is -1.67. The van der Waals surface area contributed by atoms with Crippen LogP contribution >= 0.6 is 23.2 Å². The summed E-state index contributed by atoms with van der Waals surface area (Å²) in [5, 5.41) is 11.3. The van der Waals surface area contributed by atoms with Crippen LogP contribution in [0.2, 0.25) is 10.0 Å². The quantitative estimate of drug-likeness (QED) is 0.647. The third-order valence-corrected chi connectivity index (χ3v) is 6.42. The normalized spacial score (nSPS) is 20.3. The van der Waals surface area contributed by atoms with Crippen LogP contribution in [-0.4, -0.2) is 89.7 Å². The number of carbonyl (C=O) groups is 2. The Morgan fingerprint density at radius 1 is 1.13 bits per heavy atom. The van der Waals surface area contributed by atoms with Gasteiger partial charge in [-0.3, -0.25) is 9.59 Å². The van der Waals surface area contributed by atoms with Gasteiger partial charge in [-0.2, -0.15) is 0 Å². The van der Waals surface area contributed by atoms with Crippen molar-refractivity contribution < 1.29 is 19.1 Å². The summed E-state index contributed by atoms with van der Waals surface area (Å²) in [7, 11) is 0. The molecule has 0 aromatic heterocycles. The summed E-state index contributed by atoms with van der Waals surface area (Å²) in [4.78, 5) is 30.3. The van der Waals surface area contributed by atoms with Crippen LogP contribution < -0.4 is 0 Å². The zero-order chi connectivity index (χ0) is 22.4. The fourth-order valence-corrected chi connectivity index (χ4v) is 4.17. The summed E-state index contributed by atoms with van der Waals surface area (Å²) in [5.41, 5.74) is 0.759. The lowest BCUT2D eigenvalue weighted by atomic mass is 10.1. The monoisotopic (exact) mass is 471 g/mol. The van der Waals surface area contributed by atoms with Crippen LogP contribution in [0.3, 0.4) is 0 Å². The van der Waals surface area contributed by atoms with E-state index in [1.807, 2.05) is 4.90 Å². The minimum Gasteiger partial charge on any atom is -0.390 e. The minimum atomic E-state index is -0.755. The van der Waals surface area contributed by atoms with E-state index >= 15 is 0 Å². The van der Waals surface area contributed by atoms with Gasteiger partial charge in [-0.25, -0.2) is 4.39 Å². The molecule has 0 spiro atoms. The predicted molar refractivity (Wildman–Crippen MR) is 120 cm³/mol. The highest BCUT2D eigenvalue weighted by Gasteiger charge is 2.26. The largest absolute Gasteiger partial charge is 0.390 e. The highest BCUT2D eigenvalue weighted by Crippen LogP contribution is 2.23. The van der Waals surface area contributed by atoms with Crippen molar-refractivity contribution >= 4 is 41.1 Å². The van der Waals surface area contributed by atoms with Crippen LogP contribution in [0.4, 0.5) is 4.39 Å². The average molecular weight is 472 g/mol. The molecule has 0 saturated carbocycles. The summed E-state index contributed by atoms with van der Waals surface area (Å²) in [6, 6.07) is 5.11. The molecule has 1 aromatic rings. The zero-order valence-electron chi connectivity index (χ0n) is 17.4. The summed E-state index contributed by atoms with van der Waals surface area (Å²) in [5.74, 6) is -0.263. The fraction of sp³-hybridized carbons (Fsp3) is 0.545. The second-order valence-electron chi connectivity index (χ2n) is 8.05. The van der Waals surface area contributed by atoms with Gasteiger partial charge in [0, 0.05) is 58.3 Å². The molecule has 0 bridgehead atoms. The van der Waals surface area contributed by atoms with Crippen molar-refractivity contribution in [1.82, 2.24) is 14.7 Å². The predicted octanol–water partition coefficient (Wildman–Crippen LogP) is 2.86. The lowest BCUT2D eigenvalue weighted by molar-refractivity contribution is -0.131. The van der Waals surface area contributed by atoms with E-state index in [0.717, 1.165) is 5.56 Å². The van der Waals surface area contributed by atoms with Crippen LogP contribution in [0.15, 0.2) is 24.3 Å². The van der Waals surface area contributed by atoms with Gasteiger partial charge >= 0.3 is 0 Å². The van der Waals surface area contributed by atoms with E-state index in [1.54, 1.807) is 34.1 Å². The van der Waals surface area contributed by atoms with Gasteiger partial charge in [0.2, 0.25) is 11.8 Å². The van der Waals surface area contributed by atoms with E-state index in [-0.39, 0.29) is 24.8 Å². The molecule has 2 amide bonds. The Morgan fingerprint density at radius 2 is 1.87 bits per heavy atom. The number of alkyl halides is 1. The summed E-state index contributed by atoms with van der Waals surface area (Å²) >= 11 is 11.9. The molecule has 2 aliphatic rings. The number of hydrogen-bond acceptors (Lipinski definition) is 4. The number of benzene rings is 1. The molecule has 2 aliphatic heterocycles. The first-order chi connectivity index (χ1) is 14.8. The zero-order valence-corrected chi connectivity index (χ0v) is 18.9. The number of aliphatic hydroxyl groups excluding tert-OH is 1. The second-order valence-corrected chi connectivity index (χ2v) is 8.87. The fourth-order valence-electron chi connectivity index (χ4n) is 3.86. The molecule has 6 nitrogen and oxygen atoms in total. The van der Waals surface area contributed by atoms with Crippen LogP contribution in [-0.2, 0) is 9.59 Å². The molecular formula is C22H28Cl2FN3O3. The smallest absolute Gasteiger partial charge is 0.246 e. The van der Waals surface area contributed by atoms with E-state index < -0.39 is 12.3 Å². The number of halogens is 3. The Morgan fingerprint density at radius 3 is 2.58 bits per heavy atom. The van der Waals surface area contributed by atoms with E-state index in [2.05, 4.69) is 0 Å². The Labute approximate surface area is 192 Å². The van der Waals surface area contributed by atoms with Gasteiger partial charge in [0.25, 0.3) is 0 Å². The van der Waals surface area contributed by atoms with Crippen LogP contribution in [0.5, 0.6) is 0 Å². The van der Waals surface area contributed by atoms with Crippen molar-refractivity contribution in [1.29, 1.82) is 0 Å². The summed E-state index contributed by atoms with van der Waals surface area (Å²) in [6.45, 7) is 2.99. The SMILES string of the molecule is O=C(C=Cc1ccc(Cl)c(Cl)c1)N1CCC(=O)N(CC(O)CN2CCC(F)CC2)CC1. The molecule has 2 fully saturated rings. The van der Waals surface area contributed by atoms with Crippen LogP contribution in [0, 0.1) is 0 Å². The molecule has 1 unspecified atom stereocenters. The number of aliphatic hydroxyl groups is 1. The lowest BCUT2D eigenvalue weighted by Gasteiger charge is -2.32. The van der Waals surface area contributed by atoms with Crippen molar-refractivity contribution in [3.05, 3.63) is 39.9 Å². The highest BCUT2D eigenvalue weighted by atomic mass is 35.5. The minimum absolute atomic E-state index is 0.0784. The van der Waals surface area contributed by atoms with Gasteiger partial charge < -0.3 is 19.8 Å². The topological polar surface area (TPSA) is 64.1 Å². The van der Waals surface area contributed by atoms with Crippen molar-refractivity contribution in [2.75, 3.05) is 45.8 Å². The van der Waals surface area contributed by atoms with Gasteiger partial charge in [-0.15, -0.1) is 0 Å². The van der Waals surface area contributed by atoms with Crippen LogP contribution in [0.1, 0.15) is 24.8 Å². The maximum atomic E-state index is 13.3. The van der Waals surface area contributed by atoms with Gasteiger partial charge in [-0.05, 0) is 36.6 Å². The molecule has 0 aliphatic carbocycles. The first-order valence-electron chi connectivity index (χ1n) is 10.6. The second kappa shape index (κ2) is 11.3. The van der Waals surface area contributed by atoms with Gasteiger partial charge in [0.15, 0.2) is 0 Å². The number of β-amino-alcohol motifs (C(OH)–C–C–N with tert-alkyl or cyclic N) is 1. The maximum Gasteiger partial charge on any atom is 0.246 e. The third-order valence-electron chi connectivity index (χ3n) is 5.68. The van der Waals surface area contributed by atoms with Gasteiger partial charge in [0.05, 0.1) is 16.1 Å². The highest BCUT2D eigenvalue weighted by molar-refractivity contribution is 6.42. The van der Waals surface area contributed by atoms with Crippen molar-refractivity contribution in [3.8, 4) is 0 Å². The van der Waals surface area contributed by atoms with E-state index in [1.165, 1.54) is 6.08 Å². The van der Waals surface area contributed by atoms with Crippen molar-refractivity contribution in [2.24, 2.45) is 0 Å². The first kappa shape index (κ1) is 24.0. The molecule has 2 heterocycles. The van der Waals surface area contributed by atoms with E-state index in [9.17, 15) is 19.1 Å². The van der Waals surface area contributed by atoms with Crippen molar-refractivity contribution in [2.45, 2.75) is 31.5 Å². The Bertz CT molecular complexity index is 815. The molecule has 170 valence electrons. The molecule has 1 atom stereocenters. The Kier molecular flexibility index (Phi) is 8.72. The molecule has 1 N–H and O–H groups in total. The first-order valence-corrected chi connectivity index (χ1v) is 11.3. The average Bonchev–Trinajstić information content (AvgIpc) is 2.92. The molecule has 2 saturated heterocycles. The molecule has 0 radical (unpaired) electrons. The van der Waals surface area contributed by atoms with Crippen molar-refractivity contribution in [3.63, 3.8) is 0 Å². The molecule has 9 heteroatoms. The maximum absolute atomic E-state index is 13.3. The number of carbonyl (C=O) groups excluding carboxylic acids is 2. The number of rotatable bonds is 6. The van der Waals surface area contributed by atoms with E-state index in [4.69, 9.17) is 23.2 Å². The lowest BCUT2D eigenvalue weighted by Crippen LogP contribution is -2.45. The molecule has 3 rings (SSSR count). The number of hydrogen-bond donors (Lipinski definition) is 1. The van der Waals surface area contributed by atoms with Crippen LogP contribution in [0.25, 0.3) is 6.08 Å².